The van der Waals surface area contributed by atoms with Gasteiger partial charge >= 0.3 is 0 Å². The van der Waals surface area contributed by atoms with Crippen LogP contribution in [0.5, 0.6) is 0 Å². The van der Waals surface area contributed by atoms with Crippen LogP contribution in [-0.2, 0) is 22.5 Å². The van der Waals surface area contributed by atoms with E-state index < -0.39 is 0 Å². The Bertz CT molecular complexity index is 272. The van der Waals surface area contributed by atoms with Crippen LogP contribution in [0.3, 0.4) is 0 Å². The molecule has 0 bridgehead atoms. The second-order valence-corrected chi connectivity index (χ2v) is 3.72. The van der Waals surface area contributed by atoms with E-state index >= 15 is 0 Å². The van der Waals surface area contributed by atoms with Crippen molar-refractivity contribution in [2.24, 2.45) is 0 Å². The molecule has 0 unspecified atom stereocenters. The van der Waals surface area contributed by atoms with Crippen molar-refractivity contribution in [3.8, 4) is 0 Å². The third kappa shape index (κ3) is 5.26. The van der Waals surface area contributed by atoms with Crippen molar-refractivity contribution in [2.45, 2.75) is 13.0 Å². The van der Waals surface area contributed by atoms with Crippen molar-refractivity contribution in [3.05, 3.63) is 35.4 Å². The van der Waals surface area contributed by atoms with Gasteiger partial charge in [-0.15, -0.1) is 0 Å². The van der Waals surface area contributed by atoms with E-state index in [0.717, 1.165) is 13.0 Å². The van der Waals surface area contributed by atoms with Crippen molar-refractivity contribution in [1.29, 1.82) is 0 Å². The molecule has 0 amide bonds. The Morgan fingerprint density at radius 1 is 1.06 bits per heavy atom. The number of hydrogen-bond acceptors (Lipinski definition) is 3. The molecule has 1 rings (SSSR count). The quantitative estimate of drug-likeness (QED) is 0.679. The summed E-state index contributed by atoms with van der Waals surface area (Å²) in [4.78, 5) is 0. The molecule has 16 heavy (non-hydrogen) atoms. The van der Waals surface area contributed by atoms with Crippen LogP contribution >= 0.6 is 0 Å². The molecule has 1 aromatic carbocycles. The highest BCUT2D eigenvalue weighted by Crippen LogP contribution is 2.06. The van der Waals surface area contributed by atoms with Gasteiger partial charge in [0.1, 0.15) is 0 Å². The van der Waals surface area contributed by atoms with Crippen LogP contribution in [0, 0.1) is 0 Å². The van der Waals surface area contributed by atoms with Crippen LogP contribution in [-0.4, -0.2) is 33.9 Å². The van der Waals surface area contributed by atoms with Gasteiger partial charge in [0.05, 0.1) is 19.8 Å². The van der Waals surface area contributed by atoms with Crippen LogP contribution in [0.1, 0.15) is 11.1 Å². The van der Waals surface area contributed by atoms with Crippen molar-refractivity contribution < 1.29 is 9.47 Å². The van der Waals surface area contributed by atoms with Gasteiger partial charge in [0, 0.05) is 7.11 Å². The van der Waals surface area contributed by atoms with Crippen LogP contribution in [0.15, 0.2) is 24.3 Å². The van der Waals surface area contributed by atoms with Crippen molar-refractivity contribution in [1.82, 2.24) is 5.32 Å². The van der Waals surface area contributed by atoms with Gasteiger partial charge in [-0.25, -0.2) is 0 Å². The molecule has 3 heteroatoms. The van der Waals surface area contributed by atoms with Gasteiger partial charge in [-0.3, -0.25) is 0 Å². The van der Waals surface area contributed by atoms with Gasteiger partial charge in [-0.05, 0) is 31.1 Å². The largest absolute Gasteiger partial charge is 0.382 e. The Morgan fingerprint density at radius 3 is 2.38 bits per heavy atom. The minimum absolute atomic E-state index is 0.651. The summed E-state index contributed by atoms with van der Waals surface area (Å²) in [6, 6.07) is 8.56. The first kappa shape index (κ1) is 13.2. The van der Waals surface area contributed by atoms with Crippen molar-refractivity contribution in [3.63, 3.8) is 0 Å². The topological polar surface area (TPSA) is 30.5 Å². The number of methoxy groups -OCH3 is 1. The first-order valence-corrected chi connectivity index (χ1v) is 5.66. The Balaban J connectivity index is 2.27. The zero-order valence-electron chi connectivity index (χ0n) is 10.2. The second kappa shape index (κ2) is 8.28. The first-order valence-electron chi connectivity index (χ1n) is 5.66. The van der Waals surface area contributed by atoms with Gasteiger partial charge in [0.2, 0.25) is 0 Å². The standard InChI is InChI=1S/C13H21NO2/c1-14-8-7-12-3-5-13(6-4-12)11-16-10-9-15-2/h3-6,14H,7-11H2,1-2H3. The number of benzene rings is 1. The average Bonchev–Trinajstić information content (AvgIpc) is 2.33. The summed E-state index contributed by atoms with van der Waals surface area (Å²) in [7, 11) is 3.65. The fourth-order valence-electron chi connectivity index (χ4n) is 1.40. The highest BCUT2D eigenvalue weighted by atomic mass is 16.5. The maximum absolute atomic E-state index is 5.44. The van der Waals surface area contributed by atoms with E-state index in [9.17, 15) is 0 Å². The minimum Gasteiger partial charge on any atom is -0.382 e. The van der Waals surface area contributed by atoms with Gasteiger partial charge in [-0.1, -0.05) is 24.3 Å². The molecule has 0 saturated carbocycles. The molecule has 1 N–H and O–H groups in total. The fraction of sp³-hybridized carbons (Fsp3) is 0.538. The predicted octanol–water partition coefficient (Wildman–Crippen LogP) is 1.61. The summed E-state index contributed by atoms with van der Waals surface area (Å²) in [6.45, 7) is 2.98. The van der Waals surface area contributed by atoms with E-state index in [4.69, 9.17) is 9.47 Å². The normalized spacial score (nSPS) is 10.6. The van der Waals surface area contributed by atoms with Crippen molar-refractivity contribution in [2.75, 3.05) is 33.9 Å². The van der Waals surface area contributed by atoms with E-state index in [-0.39, 0.29) is 0 Å². The maximum Gasteiger partial charge on any atom is 0.0718 e. The molecule has 0 spiro atoms. The Morgan fingerprint density at radius 2 is 1.75 bits per heavy atom. The Hall–Kier alpha value is -0.900. The number of likely N-dealkylation sites (N-methyl/N-ethyl adjacent to an activating group) is 1. The van der Waals surface area contributed by atoms with Crippen LogP contribution in [0.2, 0.25) is 0 Å². The summed E-state index contributed by atoms with van der Waals surface area (Å²) in [5.74, 6) is 0. The molecular formula is C13H21NO2. The lowest BCUT2D eigenvalue weighted by molar-refractivity contribution is 0.0616. The van der Waals surface area contributed by atoms with Crippen LogP contribution < -0.4 is 5.32 Å². The fourth-order valence-corrected chi connectivity index (χ4v) is 1.40. The predicted molar refractivity (Wildman–Crippen MR) is 65.6 cm³/mol. The van der Waals surface area contributed by atoms with Gasteiger partial charge in [0.25, 0.3) is 0 Å². The maximum atomic E-state index is 5.44. The zero-order valence-corrected chi connectivity index (χ0v) is 10.2. The third-order valence-corrected chi connectivity index (χ3v) is 2.39. The molecule has 3 nitrogen and oxygen atoms in total. The number of nitrogens with one attached hydrogen (secondary N) is 1. The first-order chi connectivity index (χ1) is 7.86. The summed E-state index contributed by atoms with van der Waals surface area (Å²) in [5.41, 5.74) is 2.57. The van der Waals surface area contributed by atoms with Gasteiger partial charge in [-0.2, -0.15) is 0 Å². The summed E-state index contributed by atoms with van der Waals surface area (Å²) < 4.78 is 10.4. The van der Waals surface area contributed by atoms with Crippen LogP contribution in [0.25, 0.3) is 0 Å². The summed E-state index contributed by atoms with van der Waals surface area (Å²) in [6.07, 6.45) is 1.07. The second-order valence-electron chi connectivity index (χ2n) is 3.72. The third-order valence-electron chi connectivity index (χ3n) is 2.39. The number of ether oxygens (including phenoxy) is 2. The van der Waals surface area contributed by atoms with E-state index in [0.29, 0.717) is 19.8 Å². The molecule has 0 aliphatic carbocycles. The Kier molecular flexibility index (Phi) is 6.81. The monoisotopic (exact) mass is 223 g/mol. The van der Waals surface area contributed by atoms with E-state index in [1.165, 1.54) is 11.1 Å². The lowest BCUT2D eigenvalue weighted by atomic mass is 10.1. The summed E-state index contributed by atoms with van der Waals surface area (Å²) >= 11 is 0. The zero-order chi connectivity index (χ0) is 11.6. The highest BCUT2D eigenvalue weighted by molar-refractivity contribution is 5.22. The Labute approximate surface area is 97.8 Å². The molecule has 0 fully saturated rings. The lowest BCUT2D eigenvalue weighted by Crippen LogP contribution is -2.10. The molecule has 0 aliphatic heterocycles. The molecule has 0 saturated heterocycles. The number of rotatable bonds is 8. The van der Waals surface area contributed by atoms with Gasteiger partial charge in [0.15, 0.2) is 0 Å². The number of hydrogen-bond donors (Lipinski definition) is 1. The SMILES string of the molecule is CNCCc1ccc(COCCOC)cc1. The molecular weight excluding hydrogens is 202 g/mol. The molecule has 0 radical (unpaired) electrons. The molecule has 1 aromatic rings. The van der Waals surface area contributed by atoms with Crippen LogP contribution in [0.4, 0.5) is 0 Å². The van der Waals surface area contributed by atoms with E-state index in [1.54, 1.807) is 7.11 Å². The van der Waals surface area contributed by atoms with E-state index in [2.05, 4.69) is 29.6 Å². The van der Waals surface area contributed by atoms with Gasteiger partial charge < -0.3 is 14.8 Å². The molecule has 0 atom stereocenters. The molecule has 0 aromatic heterocycles. The molecule has 90 valence electrons. The molecule has 0 aliphatic rings. The smallest absolute Gasteiger partial charge is 0.0718 e. The average molecular weight is 223 g/mol. The highest BCUT2D eigenvalue weighted by Gasteiger charge is 1.95. The minimum atomic E-state index is 0.651. The molecule has 0 heterocycles. The van der Waals surface area contributed by atoms with Crippen molar-refractivity contribution >= 4 is 0 Å². The summed E-state index contributed by atoms with van der Waals surface area (Å²) in [5, 5.41) is 3.14. The van der Waals surface area contributed by atoms with E-state index in [1.807, 2.05) is 7.05 Å². The lowest BCUT2D eigenvalue weighted by Gasteiger charge is -2.05.